The van der Waals surface area contributed by atoms with Crippen molar-refractivity contribution in [1.82, 2.24) is 34.5 Å². The number of carbonyl (C=O) groups excluding carboxylic acids is 3. The molecule has 14 nitrogen and oxygen atoms in total. The van der Waals surface area contributed by atoms with E-state index in [-0.39, 0.29) is 42.5 Å². The van der Waals surface area contributed by atoms with Gasteiger partial charge < -0.3 is 33.5 Å². The fourth-order valence-electron chi connectivity index (χ4n) is 9.10. The van der Waals surface area contributed by atoms with Crippen LogP contribution in [0.3, 0.4) is 0 Å². The van der Waals surface area contributed by atoms with Gasteiger partial charge in [-0.05, 0) is 68.9 Å². The molecule has 4 aliphatic heterocycles. The number of aromatic nitrogens is 2. The quantitative estimate of drug-likeness (QED) is 0.236. The predicted octanol–water partition coefficient (Wildman–Crippen LogP) is 4.41. The van der Waals surface area contributed by atoms with Gasteiger partial charge in [0, 0.05) is 113 Å². The molecule has 3 fully saturated rings. The van der Waals surface area contributed by atoms with Crippen molar-refractivity contribution in [2.75, 3.05) is 66.6 Å². The normalized spacial score (nSPS) is 21.3. The van der Waals surface area contributed by atoms with E-state index in [0.717, 1.165) is 106 Å². The lowest BCUT2D eigenvalue weighted by molar-refractivity contribution is -0.121. The van der Waals surface area contributed by atoms with E-state index in [4.69, 9.17) is 14.2 Å². The summed E-state index contributed by atoms with van der Waals surface area (Å²) in [5.41, 5.74) is 3.62. The summed E-state index contributed by atoms with van der Waals surface area (Å²) in [6.07, 6.45) is 11.8. The number of hydrogen-bond donors (Lipinski definition) is 1. The monoisotopic (exact) mass is 797 g/mol. The SMILES string of the molecule is CCCCN1CC(C)(c2cc(OC)c(CN3CCC(OC4CCN(CCn5cccc(CN6CCC(=O)NC6=O)c5=O)CC4)CC3)cc2OC)c2ccncc2C1=O. The lowest BCUT2D eigenvalue weighted by Gasteiger charge is -2.42. The molecule has 1 N–H and O–H groups in total. The highest BCUT2D eigenvalue weighted by atomic mass is 16.5. The molecule has 14 heteroatoms. The van der Waals surface area contributed by atoms with Gasteiger partial charge in [0.25, 0.3) is 11.5 Å². The molecule has 6 heterocycles. The van der Waals surface area contributed by atoms with Crippen LogP contribution >= 0.6 is 0 Å². The Hall–Kier alpha value is -4.79. The summed E-state index contributed by atoms with van der Waals surface area (Å²) in [6, 6.07) is 9.36. The Morgan fingerprint density at radius 1 is 0.810 bits per heavy atom. The number of likely N-dealkylation sites (tertiary alicyclic amines) is 2. The fraction of sp³-hybridized carbons (Fsp3) is 0.568. The summed E-state index contributed by atoms with van der Waals surface area (Å²) in [4.78, 5) is 63.0. The zero-order valence-corrected chi connectivity index (χ0v) is 34.5. The fourth-order valence-corrected chi connectivity index (χ4v) is 9.10. The van der Waals surface area contributed by atoms with Crippen molar-refractivity contribution in [3.8, 4) is 11.5 Å². The van der Waals surface area contributed by atoms with E-state index in [0.29, 0.717) is 37.3 Å². The van der Waals surface area contributed by atoms with Gasteiger partial charge in [-0.25, -0.2) is 4.79 Å². The van der Waals surface area contributed by atoms with Crippen molar-refractivity contribution in [2.24, 2.45) is 0 Å². The maximum Gasteiger partial charge on any atom is 0.324 e. The van der Waals surface area contributed by atoms with E-state index >= 15 is 0 Å². The molecule has 3 aromatic rings. The average Bonchev–Trinajstić information content (AvgIpc) is 3.24. The number of benzene rings is 1. The molecular weight excluding hydrogens is 739 g/mol. The van der Waals surface area contributed by atoms with E-state index in [2.05, 4.69) is 46.1 Å². The van der Waals surface area contributed by atoms with Crippen molar-refractivity contribution in [3.05, 3.63) is 87.1 Å². The molecule has 1 unspecified atom stereocenters. The van der Waals surface area contributed by atoms with Gasteiger partial charge in [0.2, 0.25) is 5.91 Å². The molecule has 2 aromatic heterocycles. The number of unbranched alkanes of at least 4 members (excludes halogenated alkanes) is 1. The van der Waals surface area contributed by atoms with Crippen LogP contribution in [0, 0.1) is 0 Å². The predicted molar refractivity (Wildman–Crippen MR) is 219 cm³/mol. The summed E-state index contributed by atoms with van der Waals surface area (Å²) in [7, 11) is 3.44. The summed E-state index contributed by atoms with van der Waals surface area (Å²) in [5, 5.41) is 2.32. The Labute approximate surface area is 341 Å². The lowest BCUT2D eigenvalue weighted by atomic mass is 9.71. The highest BCUT2D eigenvalue weighted by Crippen LogP contribution is 2.45. The third-order valence-electron chi connectivity index (χ3n) is 12.5. The molecule has 312 valence electrons. The number of rotatable bonds is 15. The van der Waals surface area contributed by atoms with Crippen molar-refractivity contribution >= 4 is 17.8 Å². The molecule has 1 aromatic carbocycles. The summed E-state index contributed by atoms with van der Waals surface area (Å²) in [5.74, 6) is 1.36. The van der Waals surface area contributed by atoms with Gasteiger partial charge in [-0.1, -0.05) is 19.4 Å². The molecule has 58 heavy (non-hydrogen) atoms. The van der Waals surface area contributed by atoms with E-state index < -0.39 is 11.4 Å². The molecule has 0 radical (unpaired) electrons. The Morgan fingerprint density at radius 3 is 2.22 bits per heavy atom. The Bertz CT molecular complexity index is 2010. The van der Waals surface area contributed by atoms with E-state index in [1.54, 1.807) is 43.4 Å². The maximum absolute atomic E-state index is 13.5. The van der Waals surface area contributed by atoms with E-state index in [9.17, 15) is 19.2 Å². The van der Waals surface area contributed by atoms with Crippen LogP contribution in [0.25, 0.3) is 0 Å². The number of piperidine rings is 2. The molecule has 4 aliphatic rings. The van der Waals surface area contributed by atoms with Gasteiger partial charge in [0.1, 0.15) is 11.5 Å². The number of hydrogen-bond acceptors (Lipinski definition) is 10. The minimum Gasteiger partial charge on any atom is -0.496 e. The van der Waals surface area contributed by atoms with E-state index in [1.165, 1.54) is 4.90 Å². The van der Waals surface area contributed by atoms with Crippen molar-refractivity contribution in [2.45, 2.75) is 96.1 Å². The molecule has 3 saturated heterocycles. The van der Waals surface area contributed by atoms with Crippen LogP contribution in [0.2, 0.25) is 0 Å². The number of methoxy groups -OCH3 is 2. The second-order valence-corrected chi connectivity index (χ2v) is 16.4. The zero-order chi connectivity index (χ0) is 40.8. The second kappa shape index (κ2) is 18.4. The third-order valence-corrected chi connectivity index (χ3v) is 12.5. The lowest BCUT2D eigenvalue weighted by Crippen LogP contribution is -2.49. The topological polar surface area (TPSA) is 139 Å². The number of nitrogens with one attached hydrogen (secondary N) is 1. The number of ether oxygens (including phenoxy) is 3. The number of nitrogens with zero attached hydrogens (tertiary/aromatic N) is 6. The first-order chi connectivity index (χ1) is 28.1. The van der Waals surface area contributed by atoms with Crippen LogP contribution in [0.15, 0.2) is 53.7 Å². The Morgan fingerprint density at radius 2 is 1.53 bits per heavy atom. The zero-order valence-electron chi connectivity index (χ0n) is 34.5. The first-order valence-corrected chi connectivity index (χ1v) is 21.0. The molecule has 0 aliphatic carbocycles. The van der Waals surface area contributed by atoms with Gasteiger partial charge in [0.05, 0.1) is 38.5 Å². The molecule has 1 atom stereocenters. The summed E-state index contributed by atoms with van der Waals surface area (Å²) in [6.45, 7) is 11.9. The Balaban J connectivity index is 0.901. The summed E-state index contributed by atoms with van der Waals surface area (Å²) >= 11 is 0. The van der Waals surface area contributed by atoms with Gasteiger partial charge in [-0.3, -0.25) is 29.6 Å². The van der Waals surface area contributed by atoms with Crippen LogP contribution < -0.4 is 20.3 Å². The molecule has 0 spiro atoms. The van der Waals surface area contributed by atoms with Crippen molar-refractivity contribution < 1.29 is 28.6 Å². The number of fused-ring (bicyclic) bond motifs is 1. The number of imide groups is 1. The largest absolute Gasteiger partial charge is 0.496 e. The van der Waals surface area contributed by atoms with Gasteiger partial charge >= 0.3 is 6.03 Å². The number of urea groups is 1. The summed E-state index contributed by atoms with van der Waals surface area (Å²) < 4.78 is 20.5. The molecule has 0 bridgehead atoms. The minimum atomic E-state index is -0.506. The van der Waals surface area contributed by atoms with E-state index in [1.807, 2.05) is 17.0 Å². The van der Waals surface area contributed by atoms with Crippen LogP contribution in [-0.4, -0.2) is 126 Å². The number of amides is 4. The number of carbonyl (C=O) groups is 3. The smallest absolute Gasteiger partial charge is 0.324 e. The average molecular weight is 798 g/mol. The Kier molecular flexibility index (Phi) is 13.1. The number of pyridine rings is 2. The highest BCUT2D eigenvalue weighted by Gasteiger charge is 2.43. The first-order valence-electron chi connectivity index (χ1n) is 21.0. The van der Waals surface area contributed by atoms with Crippen LogP contribution in [0.4, 0.5) is 4.79 Å². The van der Waals surface area contributed by atoms with Crippen molar-refractivity contribution in [3.63, 3.8) is 0 Å². The van der Waals surface area contributed by atoms with Crippen LogP contribution in [-0.2, 0) is 34.6 Å². The van der Waals surface area contributed by atoms with Gasteiger partial charge in [0.15, 0.2) is 0 Å². The minimum absolute atomic E-state index is 0.0345. The molecule has 7 rings (SSSR count). The third kappa shape index (κ3) is 9.08. The van der Waals surface area contributed by atoms with Crippen LogP contribution in [0.5, 0.6) is 11.5 Å². The molecular formula is C44H59N7O7. The standard InChI is InChI=1S/C44H59N7O7/c1-5-6-16-51-30-44(2,36-9-15-45-27-35(36)42(51)54)37-26-38(56-3)32(25-39(37)57-4)28-48-20-12-34(13-21-48)58-33-10-18-47(19-11-33)23-24-49-17-7-8-31(41(49)53)29-50-22-14-40(52)46-43(50)55/h7-9,15,17,25-27,33-34H,5-6,10-14,16,18-24,28-30H2,1-4H3,(H,46,52,55). The first kappa shape index (κ1) is 41.4. The van der Waals surface area contributed by atoms with Crippen molar-refractivity contribution in [1.29, 1.82) is 0 Å². The second-order valence-electron chi connectivity index (χ2n) is 16.4. The molecule has 0 saturated carbocycles. The highest BCUT2D eigenvalue weighted by molar-refractivity contribution is 5.98. The van der Waals surface area contributed by atoms with Crippen LogP contribution in [0.1, 0.15) is 91.4 Å². The van der Waals surface area contributed by atoms with Gasteiger partial charge in [-0.2, -0.15) is 0 Å². The maximum atomic E-state index is 13.5. The van der Waals surface area contributed by atoms with Gasteiger partial charge in [-0.15, -0.1) is 0 Å². The molecule has 4 amide bonds.